The van der Waals surface area contributed by atoms with Gasteiger partial charge in [0.25, 0.3) is 0 Å². The zero-order chi connectivity index (χ0) is 9.84. The molecule has 0 aromatic carbocycles. The van der Waals surface area contributed by atoms with Crippen molar-refractivity contribution in [2.24, 2.45) is 5.92 Å². The molecule has 1 unspecified atom stereocenters. The van der Waals surface area contributed by atoms with Crippen molar-refractivity contribution in [3.63, 3.8) is 0 Å². The number of rotatable bonds is 2. The minimum absolute atomic E-state index is 0.391. The van der Waals surface area contributed by atoms with Crippen molar-refractivity contribution in [1.29, 1.82) is 0 Å². The predicted molar refractivity (Wildman–Crippen MR) is 43.8 cm³/mol. The van der Waals surface area contributed by atoms with Gasteiger partial charge in [0, 0.05) is 18.3 Å². The molecule has 0 spiro atoms. The fraction of sp³-hybridized carbons (Fsp3) is 0.500. The molecular weight excluding hydrogens is 174 g/mol. The van der Waals surface area contributed by atoms with Crippen LogP contribution in [0.5, 0.6) is 0 Å². The molecule has 1 atom stereocenters. The lowest BCUT2D eigenvalue weighted by Gasteiger charge is -2.07. The van der Waals surface area contributed by atoms with Crippen molar-refractivity contribution >= 4 is 11.9 Å². The summed E-state index contributed by atoms with van der Waals surface area (Å²) in [5, 5.41) is 11.3. The minimum Gasteiger partial charge on any atom is -0.478 e. The van der Waals surface area contributed by atoms with E-state index < -0.39 is 17.9 Å². The van der Waals surface area contributed by atoms with Crippen LogP contribution in [0.2, 0.25) is 0 Å². The fourth-order valence-corrected chi connectivity index (χ4v) is 1.31. The molecule has 0 aromatic heterocycles. The van der Waals surface area contributed by atoms with Crippen LogP contribution in [0.1, 0.15) is 6.42 Å². The molecule has 0 bridgehead atoms. The highest BCUT2D eigenvalue weighted by Crippen LogP contribution is 2.19. The molecule has 1 aliphatic heterocycles. The van der Waals surface area contributed by atoms with Crippen LogP contribution in [0, 0.1) is 5.92 Å². The Labute approximate surface area is 75.4 Å². The second-order valence-corrected chi connectivity index (χ2v) is 2.73. The summed E-state index contributed by atoms with van der Waals surface area (Å²) in [6, 6.07) is 0. The van der Waals surface area contributed by atoms with Gasteiger partial charge >= 0.3 is 11.9 Å². The van der Waals surface area contributed by atoms with Crippen LogP contribution in [0.4, 0.5) is 0 Å². The zero-order valence-corrected chi connectivity index (χ0v) is 7.24. The summed E-state index contributed by atoms with van der Waals surface area (Å²) in [4.78, 5) is 21.5. The van der Waals surface area contributed by atoms with E-state index in [1.165, 1.54) is 7.11 Å². The highest BCUT2D eigenvalue weighted by atomic mass is 16.5. The number of aliphatic carboxylic acids is 1. The monoisotopic (exact) mass is 185 g/mol. The standard InChI is InChI=1S/C8H11NO4/c1-13-8(12)5-2-3-9-6(5)4-7(10)11/h4-5,9H,2-3H2,1H3,(H,10,11)/b6-4+. The quantitative estimate of drug-likeness (QED) is 0.458. The van der Waals surface area contributed by atoms with E-state index in [0.29, 0.717) is 18.7 Å². The van der Waals surface area contributed by atoms with E-state index in [0.717, 1.165) is 6.08 Å². The number of carboxylic acids is 1. The van der Waals surface area contributed by atoms with Gasteiger partial charge in [-0.15, -0.1) is 0 Å². The molecular formula is C8H11NO4. The number of hydrogen-bond acceptors (Lipinski definition) is 4. The first-order chi connectivity index (χ1) is 6.15. The number of ether oxygens (including phenoxy) is 1. The van der Waals surface area contributed by atoms with E-state index in [4.69, 9.17) is 5.11 Å². The number of carboxylic acid groups (broad SMARTS) is 1. The summed E-state index contributed by atoms with van der Waals surface area (Å²) >= 11 is 0. The van der Waals surface area contributed by atoms with E-state index in [1.54, 1.807) is 0 Å². The fourth-order valence-electron chi connectivity index (χ4n) is 1.31. The molecule has 72 valence electrons. The Bertz CT molecular complexity index is 259. The van der Waals surface area contributed by atoms with Crippen molar-refractivity contribution in [2.75, 3.05) is 13.7 Å². The predicted octanol–water partition coefficient (Wildman–Crippen LogP) is -0.263. The first kappa shape index (κ1) is 9.57. The largest absolute Gasteiger partial charge is 0.478 e. The molecule has 1 fully saturated rings. The first-order valence-corrected chi connectivity index (χ1v) is 3.91. The molecule has 1 aliphatic rings. The first-order valence-electron chi connectivity index (χ1n) is 3.91. The van der Waals surface area contributed by atoms with E-state index in [-0.39, 0.29) is 0 Å². The summed E-state index contributed by atoms with van der Waals surface area (Å²) in [5.41, 5.74) is 0.430. The van der Waals surface area contributed by atoms with Gasteiger partial charge in [-0.25, -0.2) is 4.79 Å². The molecule has 5 heteroatoms. The Kier molecular flexibility index (Phi) is 2.89. The Morgan fingerprint density at radius 1 is 1.69 bits per heavy atom. The van der Waals surface area contributed by atoms with Crippen LogP contribution in [0.25, 0.3) is 0 Å². The number of hydrogen-bond donors (Lipinski definition) is 2. The molecule has 2 N–H and O–H groups in total. The van der Waals surface area contributed by atoms with Crippen molar-refractivity contribution in [3.8, 4) is 0 Å². The lowest BCUT2D eigenvalue weighted by molar-refractivity contribution is -0.143. The smallest absolute Gasteiger partial charge is 0.330 e. The second kappa shape index (κ2) is 3.93. The molecule has 0 aliphatic carbocycles. The van der Waals surface area contributed by atoms with E-state index in [1.807, 2.05) is 0 Å². The molecule has 5 nitrogen and oxygen atoms in total. The maximum atomic E-state index is 11.1. The third-order valence-electron chi connectivity index (χ3n) is 1.90. The number of carbonyl (C=O) groups is 2. The van der Waals surface area contributed by atoms with Crippen LogP contribution < -0.4 is 5.32 Å². The molecule has 1 heterocycles. The van der Waals surface area contributed by atoms with E-state index >= 15 is 0 Å². The normalized spacial score (nSPS) is 24.1. The molecule has 0 aromatic rings. The third-order valence-corrected chi connectivity index (χ3v) is 1.90. The van der Waals surface area contributed by atoms with Crippen LogP contribution in [0.15, 0.2) is 11.8 Å². The number of esters is 1. The van der Waals surface area contributed by atoms with Gasteiger partial charge in [0.1, 0.15) is 0 Å². The summed E-state index contributed by atoms with van der Waals surface area (Å²) < 4.78 is 4.53. The van der Waals surface area contributed by atoms with Crippen LogP contribution >= 0.6 is 0 Å². The van der Waals surface area contributed by atoms with Gasteiger partial charge in [0.05, 0.1) is 13.0 Å². The summed E-state index contributed by atoms with van der Waals surface area (Å²) in [6.45, 7) is 0.610. The number of nitrogens with one attached hydrogen (secondary N) is 1. The van der Waals surface area contributed by atoms with Crippen molar-refractivity contribution < 1.29 is 19.4 Å². The Hall–Kier alpha value is -1.52. The van der Waals surface area contributed by atoms with Gasteiger partial charge in [-0.1, -0.05) is 0 Å². The molecule has 1 rings (SSSR count). The van der Waals surface area contributed by atoms with E-state index in [2.05, 4.69) is 10.1 Å². The molecule has 0 saturated carbocycles. The summed E-state index contributed by atoms with van der Waals surface area (Å²) in [7, 11) is 1.29. The lowest BCUT2D eigenvalue weighted by atomic mass is 10.1. The molecule has 1 saturated heterocycles. The third kappa shape index (κ3) is 2.21. The van der Waals surface area contributed by atoms with Crippen molar-refractivity contribution in [1.82, 2.24) is 5.32 Å². The maximum Gasteiger partial charge on any atom is 0.330 e. The average Bonchev–Trinajstić information content (AvgIpc) is 2.50. The van der Waals surface area contributed by atoms with Gasteiger partial charge in [-0.05, 0) is 6.42 Å². The van der Waals surface area contributed by atoms with Gasteiger partial charge in [0.2, 0.25) is 0 Å². The second-order valence-electron chi connectivity index (χ2n) is 2.73. The highest BCUT2D eigenvalue weighted by molar-refractivity contribution is 5.84. The van der Waals surface area contributed by atoms with Crippen molar-refractivity contribution in [3.05, 3.63) is 11.8 Å². The minimum atomic E-state index is -1.06. The van der Waals surface area contributed by atoms with Gasteiger partial charge in [0.15, 0.2) is 0 Å². The van der Waals surface area contributed by atoms with Gasteiger partial charge in [-0.2, -0.15) is 0 Å². The Morgan fingerprint density at radius 3 is 2.92 bits per heavy atom. The zero-order valence-electron chi connectivity index (χ0n) is 7.24. The molecule has 0 radical (unpaired) electrons. The molecule has 0 amide bonds. The van der Waals surface area contributed by atoms with E-state index in [9.17, 15) is 9.59 Å². The van der Waals surface area contributed by atoms with Crippen molar-refractivity contribution in [2.45, 2.75) is 6.42 Å². The lowest BCUT2D eigenvalue weighted by Crippen LogP contribution is -2.18. The number of methoxy groups -OCH3 is 1. The van der Waals surface area contributed by atoms with Crippen LogP contribution in [-0.4, -0.2) is 30.7 Å². The Morgan fingerprint density at radius 2 is 2.38 bits per heavy atom. The maximum absolute atomic E-state index is 11.1. The van der Waals surface area contributed by atoms with Crippen LogP contribution in [0.3, 0.4) is 0 Å². The Balaban J connectivity index is 2.75. The highest BCUT2D eigenvalue weighted by Gasteiger charge is 2.28. The van der Waals surface area contributed by atoms with Crippen LogP contribution in [-0.2, 0) is 14.3 Å². The summed E-state index contributed by atoms with van der Waals surface area (Å²) in [6.07, 6.45) is 1.60. The molecule has 13 heavy (non-hydrogen) atoms. The summed E-state index contributed by atoms with van der Waals surface area (Å²) in [5.74, 6) is -1.89. The average molecular weight is 185 g/mol. The van der Waals surface area contributed by atoms with Gasteiger partial charge in [-0.3, -0.25) is 4.79 Å². The SMILES string of the molecule is COC(=O)C1CCN/C1=C/C(=O)O. The number of carbonyl (C=O) groups excluding carboxylic acids is 1. The topological polar surface area (TPSA) is 75.6 Å². The van der Waals surface area contributed by atoms with Gasteiger partial charge < -0.3 is 15.2 Å².